The number of carbonyl (C=O) groups is 3. The highest BCUT2D eigenvalue weighted by molar-refractivity contribution is 5.95. The zero-order valence-corrected chi connectivity index (χ0v) is 22.7. The molecule has 11 heteroatoms. The fourth-order valence-corrected chi connectivity index (χ4v) is 4.63. The van der Waals surface area contributed by atoms with Gasteiger partial charge in [0, 0.05) is 12.2 Å². The summed E-state index contributed by atoms with van der Waals surface area (Å²) in [5, 5.41) is 44.0. The highest BCUT2D eigenvalue weighted by Gasteiger charge is 2.39. The van der Waals surface area contributed by atoms with Crippen LogP contribution in [0.1, 0.15) is 50.2 Å². The molecule has 0 aliphatic carbocycles. The van der Waals surface area contributed by atoms with E-state index < -0.39 is 60.1 Å². The molecule has 212 valence electrons. The van der Waals surface area contributed by atoms with Gasteiger partial charge in [-0.15, -0.1) is 0 Å². The van der Waals surface area contributed by atoms with Crippen molar-refractivity contribution in [3.8, 4) is 5.75 Å². The number of benzene rings is 1. The molecule has 2 heterocycles. The minimum atomic E-state index is -1.46. The summed E-state index contributed by atoms with van der Waals surface area (Å²) >= 11 is 0. The lowest BCUT2D eigenvalue weighted by atomic mass is 9.90. The summed E-state index contributed by atoms with van der Waals surface area (Å²) in [4.78, 5) is 43.4. The number of carbonyl (C=O) groups excluding carboxylic acids is 3. The molecule has 1 fully saturated rings. The van der Waals surface area contributed by atoms with Crippen LogP contribution in [-0.2, 0) is 16.0 Å². The van der Waals surface area contributed by atoms with Gasteiger partial charge in [-0.05, 0) is 37.0 Å². The summed E-state index contributed by atoms with van der Waals surface area (Å²) in [6.45, 7) is 6.90. The number of pyridine rings is 1. The van der Waals surface area contributed by atoms with Crippen LogP contribution in [0, 0.1) is 11.8 Å². The quantitative estimate of drug-likeness (QED) is 0.276. The maximum Gasteiger partial charge on any atom is 0.274 e. The van der Waals surface area contributed by atoms with Crippen LogP contribution in [0.2, 0.25) is 0 Å². The van der Waals surface area contributed by atoms with E-state index in [4.69, 9.17) is 0 Å². The van der Waals surface area contributed by atoms with Gasteiger partial charge in [0.2, 0.25) is 11.8 Å². The molecule has 1 aromatic carbocycles. The lowest BCUT2D eigenvalue weighted by molar-refractivity contribution is -0.135. The van der Waals surface area contributed by atoms with Crippen molar-refractivity contribution < 1.29 is 29.7 Å². The summed E-state index contributed by atoms with van der Waals surface area (Å²) in [6.07, 6.45) is -0.485. The van der Waals surface area contributed by atoms with Gasteiger partial charge >= 0.3 is 0 Å². The van der Waals surface area contributed by atoms with E-state index in [0.29, 0.717) is 6.42 Å². The van der Waals surface area contributed by atoms with E-state index in [1.54, 1.807) is 13.8 Å². The SMILES string of the molecule is CCC(C)C1NC(=O)C(C)C(O)C(Cc2ccccc2)NC(O)C(NC(=O)c2ncccc2O)C(C)NC1=O. The monoisotopic (exact) mass is 541 g/mol. The second-order valence-corrected chi connectivity index (χ2v) is 10.2. The second kappa shape index (κ2) is 13.5. The Hall–Kier alpha value is -3.54. The number of aliphatic hydroxyl groups is 2. The summed E-state index contributed by atoms with van der Waals surface area (Å²) < 4.78 is 0. The fourth-order valence-electron chi connectivity index (χ4n) is 4.63. The number of hydrogen-bond acceptors (Lipinski definition) is 8. The number of hydrogen-bond donors (Lipinski definition) is 7. The molecule has 7 N–H and O–H groups in total. The van der Waals surface area contributed by atoms with E-state index in [1.807, 2.05) is 44.2 Å². The van der Waals surface area contributed by atoms with E-state index >= 15 is 0 Å². The van der Waals surface area contributed by atoms with E-state index in [0.717, 1.165) is 5.56 Å². The van der Waals surface area contributed by atoms with Gasteiger partial charge < -0.3 is 31.3 Å². The van der Waals surface area contributed by atoms with Gasteiger partial charge in [0.25, 0.3) is 5.91 Å². The van der Waals surface area contributed by atoms with Crippen molar-refractivity contribution in [3.63, 3.8) is 0 Å². The molecule has 8 atom stereocenters. The Balaban J connectivity index is 1.99. The molecule has 1 saturated heterocycles. The molecule has 11 nitrogen and oxygen atoms in total. The molecule has 0 bridgehead atoms. The number of nitrogens with one attached hydrogen (secondary N) is 4. The number of aliphatic hydroxyl groups excluding tert-OH is 2. The predicted molar refractivity (Wildman–Crippen MR) is 144 cm³/mol. The Kier molecular flexibility index (Phi) is 10.4. The van der Waals surface area contributed by atoms with Crippen LogP contribution in [-0.4, -0.2) is 74.5 Å². The highest BCUT2D eigenvalue weighted by atomic mass is 16.3. The summed E-state index contributed by atoms with van der Waals surface area (Å²) in [5.74, 6) is -3.22. The first-order valence-electron chi connectivity index (χ1n) is 13.2. The van der Waals surface area contributed by atoms with Crippen molar-refractivity contribution in [1.29, 1.82) is 0 Å². The van der Waals surface area contributed by atoms with Crippen LogP contribution < -0.4 is 21.3 Å². The number of rotatable bonds is 6. The fraction of sp³-hybridized carbons (Fsp3) is 0.500. The Morgan fingerprint density at radius 3 is 2.38 bits per heavy atom. The molecule has 0 saturated carbocycles. The Bertz CT molecular complexity index is 1130. The maximum absolute atomic E-state index is 13.3. The normalized spacial score (nSPS) is 29.2. The lowest BCUT2D eigenvalue weighted by Crippen LogP contribution is -2.66. The Morgan fingerprint density at radius 2 is 1.74 bits per heavy atom. The standard InChI is InChI=1S/C28H39N5O6/c1-5-15(2)21-26(37)30-17(4)22(33-28(39)23-20(34)12-9-13-29-23)27(38)31-19(14-18-10-7-6-8-11-18)24(35)16(3)25(36)32-21/h6-13,15-17,19,21-22,24,27,31,34-35,38H,5,14H2,1-4H3,(H,30,37)(H,32,36)(H,33,39). The smallest absolute Gasteiger partial charge is 0.274 e. The third-order valence-corrected chi connectivity index (χ3v) is 7.36. The first-order chi connectivity index (χ1) is 18.5. The van der Waals surface area contributed by atoms with Gasteiger partial charge in [0.05, 0.1) is 24.1 Å². The van der Waals surface area contributed by atoms with Gasteiger partial charge in [0.1, 0.15) is 18.0 Å². The molecule has 1 aliphatic rings. The van der Waals surface area contributed by atoms with Crippen molar-refractivity contribution in [2.24, 2.45) is 11.8 Å². The van der Waals surface area contributed by atoms with Crippen molar-refractivity contribution >= 4 is 17.7 Å². The molecule has 39 heavy (non-hydrogen) atoms. The first-order valence-corrected chi connectivity index (χ1v) is 13.2. The molecule has 3 amide bonds. The average Bonchev–Trinajstić information content (AvgIpc) is 2.92. The summed E-state index contributed by atoms with van der Waals surface area (Å²) in [7, 11) is 0. The van der Waals surface area contributed by atoms with E-state index in [-0.39, 0.29) is 23.8 Å². The molecule has 1 aromatic heterocycles. The van der Waals surface area contributed by atoms with Crippen molar-refractivity contribution in [1.82, 2.24) is 26.3 Å². The summed E-state index contributed by atoms with van der Waals surface area (Å²) in [6, 6.07) is 8.46. The number of amides is 3. The minimum Gasteiger partial charge on any atom is -0.505 e. The summed E-state index contributed by atoms with van der Waals surface area (Å²) in [5.41, 5.74) is 0.618. The van der Waals surface area contributed by atoms with Crippen molar-refractivity contribution in [3.05, 3.63) is 59.9 Å². The van der Waals surface area contributed by atoms with Crippen molar-refractivity contribution in [2.75, 3.05) is 0 Å². The van der Waals surface area contributed by atoms with Crippen molar-refractivity contribution in [2.45, 2.75) is 77.0 Å². The number of aromatic nitrogens is 1. The third kappa shape index (κ3) is 7.53. The van der Waals surface area contributed by atoms with Gasteiger partial charge in [-0.2, -0.15) is 0 Å². The molecule has 2 aromatic rings. The van der Waals surface area contributed by atoms with Gasteiger partial charge in [-0.1, -0.05) is 57.5 Å². The number of nitrogens with zero attached hydrogens (tertiary/aromatic N) is 1. The van der Waals surface area contributed by atoms with Gasteiger partial charge in [0.15, 0.2) is 5.69 Å². The minimum absolute atomic E-state index is 0.227. The van der Waals surface area contributed by atoms with Crippen LogP contribution in [0.15, 0.2) is 48.7 Å². The molecule has 0 radical (unpaired) electrons. The predicted octanol–water partition coefficient (Wildman–Crippen LogP) is 0.451. The van der Waals surface area contributed by atoms with Gasteiger partial charge in [-0.25, -0.2) is 4.98 Å². The molecular formula is C28H39N5O6. The van der Waals surface area contributed by atoms with E-state index in [9.17, 15) is 29.7 Å². The van der Waals surface area contributed by atoms with E-state index in [1.165, 1.54) is 18.3 Å². The Morgan fingerprint density at radius 1 is 1.05 bits per heavy atom. The van der Waals surface area contributed by atoms with Crippen LogP contribution >= 0.6 is 0 Å². The van der Waals surface area contributed by atoms with Crippen LogP contribution in [0.3, 0.4) is 0 Å². The molecule has 0 spiro atoms. The maximum atomic E-state index is 13.3. The lowest BCUT2D eigenvalue weighted by Gasteiger charge is -2.37. The number of aromatic hydroxyl groups is 1. The molecule has 1 aliphatic heterocycles. The highest BCUT2D eigenvalue weighted by Crippen LogP contribution is 2.19. The van der Waals surface area contributed by atoms with E-state index in [2.05, 4.69) is 26.3 Å². The van der Waals surface area contributed by atoms with Crippen LogP contribution in [0.5, 0.6) is 5.75 Å². The topological polar surface area (TPSA) is 173 Å². The first kappa shape index (κ1) is 30.0. The zero-order chi connectivity index (χ0) is 28.7. The Labute approximate surface area is 228 Å². The van der Waals surface area contributed by atoms with Crippen LogP contribution in [0.4, 0.5) is 0 Å². The third-order valence-electron chi connectivity index (χ3n) is 7.36. The second-order valence-electron chi connectivity index (χ2n) is 10.2. The molecule has 3 rings (SSSR count). The zero-order valence-electron chi connectivity index (χ0n) is 22.7. The van der Waals surface area contributed by atoms with Gasteiger partial charge in [-0.3, -0.25) is 19.7 Å². The average molecular weight is 542 g/mol. The molecule has 8 unspecified atom stereocenters. The van der Waals surface area contributed by atoms with Crippen LogP contribution in [0.25, 0.3) is 0 Å². The largest absolute Gasteiger partial charge is 0.505 e. The molecular weight excluding hydrogens is 502 g/mol.